The molecule has 6 nitrogen and oxygen atoms in total. The Morgan fingerprint density at radius 3 is 2.49 bits per heavy atom. The third-order valence-electron chi connectivity index (χ3n) is 7.42. The number of rotatable bonds is 11. The zero-order valence-electron chi connectivity index (χ0n) is 23.5. The first-order valence-electron chi connectivity index (χ1n) is 13.3. The highest BCUT2D eigenvalue weighted by Gasteiger charge is 2.32. The molecule has 0 amide bonds. The van der Waals surface area contributed by atoms with Crippen molar-refractivity contribution in [2.24, 2.45) is 0 Å². The van der Waals surface area contributed by atoms with Crippen molar-refractivity contribution in [3.05, 3.63) is 99.8 Å². The maximum atomic E-state index is 10.7. The van der Waals surface area contributed by atoms with E-state index in [-0.39, 0.29) is 0 Å². The fourth-order valence-electron chi connectivity index (χ4n) is 5.03. The van der Waals surface area contributed by atoms with E-state index in [4.69, 9.17) is 25.8 Å². The Morgan fingerprint density at radius 1 is 1.05 bits per heavy atom. The molecule has 1 aliphatic rings. The van der Waals surface area contributed by atoms with Crippen LogP contribution in [0.3, 0.4) is 0 Å². The van der Waals surface area contributed by atoms with E-state index in [0.29, 0.717) is 18.2 Å². The number of hydrogen-bond donors (Lipinski definition) is 1. The summed E-state index contributed by atoms with van der Waals surface area (Å²) in [6.07, 6.45) is 5.66. The van der Waals surface area contributed by atoms with Crippen LogP contribution in [0.2, 0.25) is 5.02 Å². The third kappa shape index (κ3) is 6.89. The number of ether oxygens (including phenoxy) is 3. The van der Waals surface area contributed by atoms with Crippen molar-refractivity contribution in [2.75, 3.05) is 41.0 Å². The van der Waals surface area contributed by atoms with Gasteiger partial charge in [0.25, 0.3) is 0 Å². The summed E-state index contributed by atoms with van der Waals surface area (Å²) in [5.74, 6) is 0.799. The van der Waals surface area contributed by atoms with Gasteiger partial charge in [0.2, 0.25) is 0 Å². The molecule has 0 aliphatic carbocycles. The minimum atomic E-state index is -0.954. The molecule has 39 heavy (non-hydrogen) atoms. The fourth-order valence-corrected chi connectivity index (χ4v) is 5.16. The molecule has 1 N–H and O–H groups in total. The number of aromatic nitrogens is 1. The van der Waals surface area contributed by atoms with Crippen LogP contribution in [0, 0.1) is 0 Å². The Morgan fingerprint density at radius 2 is 1.79 bits per heavy atom. The Hall–Kier alpha value is -2.74. The Kier molecular flexibility index (Phi) is 9.47. The molecule has 0 saturated carbocycles. The molecule has 0 bridgehead atoms. The van der Waals surface area contributed by atoms with Crippen LogP contribution >= 0.6 is 11.6 Å². The zero-order valence-corrected chi connectivity index (χ0v) is 24.3. The molecular formula is C32H39ClN2O4. The van der Waals surface area contributed by atoms with E-state index in [2.05, 4.69) is 29.1 Å². The number of aliphatic hydroxyl groups is 1. The summed E-state index contributed by atoms with van der Waals surface area (Å²) in [7, 11) is 5.56. The molecule has 3 aromatic rings. The average molecular weight is 551 g/mol. The van der Waals surface area contributed by atoms with Gasteiger partial charge in [0.15, 0.2) is 0 Å². The summed E-state index contributed by atoms with van der Waals surface area (Å²) in [4.78, 5) is 6.89. The number of halogens is 1. The lowest BCUT2D eigenvalue weighted by molar-refractivity contribution is -0.0784. The molecule has 208 valence electrons. The van der Waals surface area contributed by atoms with Crippen LogP contribution in [0.15, 0.2) is 66.9 Å². The molecular weight excluding hydrogens is 512 g/mol. The predicted octanol–water partition coefficient (Wildman–Crippen LogP) is 6.19. The van der Waals surface area contributed by atoms with Gasteiger partial charge in [0.05, 0.1) is 17.9 Å². The van der Waals surface area contributed by atoms with Crippen molar-refractivity contribution in [2.45, 2.75) is 44.5 Å². The van der Waals surface area contributed by atoms with Crippen LogP contribution in [0.5, 0.6) is 5.75 Å². The van der Waals surface area contributed by atoms with E-state index in [1.54, 1.807) is 34.3 Å². The molecule has 7 heteroatoms. The minimum absolute atomic E-state index is 0.408. The summed E-state index contributed by atoms with van der Waals surface area (Å²) in [6.45, 7) is 6.14. The molecule has 1 aromatic heterocycles. The van der Waals surface area contributed by atoms with Crippen LogP contribution in [0.1, 0.15) is 54.6 Å². The number of hydrogen-bond acceptors (Lipinski definition) is 6. The summed E-state index contributed by atoms with van der Waals surface area (Å²) in [6, 6.07) is 17.8. The highest BCUT2D eigenvalue weighted by molar-refractivity contribution is 6.30. The van der Waals surface area contributed by atoms with E-state index in [1.165, 1.54) is 0 Å². The Bertz CT molecular complexity index is 1290. The van der Waals surface area contributed by atoms with Gasteiger partial charge in [-0.2, -0.15) is 0 Å². The molecule has 1 aliphatic heterocycles. The van der Waals surface area contributed by atoms with Crippen molar-refractivity contribution in [1.82, 2.24) is 9.88 Å². The lowest BCUT2D eigenvalue weighted by Crippen LogP contribution is -2.37. The summed E-state index contributed by atoms with van der Waals surface area (Å²) < 4.78 is 17.7. The first-order chi connectivity index (χ1) is 18.7. The number of nitrogens with zero attached hydrogens (tertiary/aromatic N) is 2. The van der Waals surface area contributed by atoms with Crippen molar-refractivity contribution < 1.29 is 19.3 Å². The molecule has 0 fully saturated rings. The van der Waals surface area contributed by atoms with Gasteiger partial charge in [-0.3, -0.25) is 4.98 Å². The van der Waals surface area contributed by atoms with E-state index in [0.717, 1.165) is 65.2 Å². The number of benzene rings is 2. The predicted molar refractivity (Wildman–Crippen MR) is 156 cm³/mol. The van der Waals surface area contributed by atoms with Crippen molar-refractivity contribution in [3.8, 4) is 5.75 Å². The van der Waals surface area contributed by atoms with Crippen molar-refractivity contribution in [3.63, 3.8) is 0 Å². The van der Waals surface area contributed by atoms with Gasteiger partial charge >= 0.3 is 0 Å². The monoisotopic (exact) mass is 550 g/mol. The second kappa shape index (κ2) is 12.6. The highest BCUT2D eigenvalue weighted by atomic mass is 35.5. The smallest absolute Gasteiger partial charge is 0.131 e. The lowest BCUT2D eigenvalue weighted by atomic mass is 9.90. The van der Waals surface area contributed by atoms with E-state index in [1.807, 2.05) is 48.5 Å². The van der Waals surface area contributed by atoms with E-state index >= 15 is 0 Å². The summed E-state index contributed by atoms with van der Waals surface area (Å²) in [5.41, 5.74) is 4.41. The van der Waals surface area contributed by atoms with Crippen molar-refractivity contribution in [1.29, 1.82) is 0 Å². The van der Waals surface area contributed by atoms with Gasteiger partial charge in [0, 0.05) is 49.7 Å². The van der Waals surface area contributed by atoms with Gasteiger partial charge < -0.3 is 24.2 Å². The van der Waals surface area contributed by atoms with Crippen LogP contribution in [-0.4, -0.2) is 56.0 Å². The molecule has 1 unspecified atom stereocenters. The standard InChI is InChI=1S/C32H39ClN2O4/c1-31(2,36)24-12-15-30-28(20-24)26(27-8-6-17-34-29(27)21-39-30)9-7-18-35(3)19-16-32(38-5,22-37-4)23-10-13-25(33)14-11-23/h6,8-15,17,20,36H,7,16,18-19,21-22H2,1-5H3/b26-9+. The van der Waals surface area contributed by atoms with Crippen LogP contribution in [-0.2, 0) is 27.3 Å². The van der Waals surface area contributed by atoms with Crippen LogP contribution < -0.4 is 4.74 Å². The lowest BCUT2D eigenvalue weighted by Gasteiger charge is -2.34. The molecule has 0 spiro atoms. The van der Waals surface area contributed by atoms with Gasteiger partial charge in [0.1, 0.15) is 18.0 Å². The highest BCUT2D eigenvalue weighted by Crippen LogP contribution is 2.38. The first-order valence-corrected chi connectivity index (χ1v) is 13.7. The van der Waals surface area contributed by atoms with E-state index in [9.17, 15) is 5.11 Å². The molecule has 4 rings (SSSR count). The SMILES string of the molecule is COCC(CCN(C)CC/C=C1/c2cc(C(C)(C)O)ccc2OCc2ncccc21)(OC)c1ccc(Cl)cc1. The normalized spacial score (nSPS) is 15.8. The fraction of sp³-hybridized carbons (Fsp3) is 0.406. The Labute approximate surface area is 237 Å². The largest absolute Gasteiger partial charge is 0.487 e. The van der Waals surface area contributed by atoms with Gasteiger partial charge in [-0.25, -0.2) is 0 Å². The second-order valence-electron chi connectivity index (χ2n) is 10.7. The average Bonchev–Trinajstić information content (AvgIpc) is 3.08. The minimum Gasteiger partial charge on any atom is -0.487 e. The van der Waals surface area contributed by atoms with E-state index < -0.39 is 11.2 Å². The van der Waals surface area contributed by atoms with Crippen LogP contribution in [0.25, 0.3) is 5.57 Å². The number of fused-ring (bicyclic) bond motifs is 2. The molecule has 1 atom stereocenters. The molecule has 0 radical (unpaired) electrons. The number of methoxy groups -OCH3 is 2. The van der Waals surface area contributed by atoms with Gasteiger partial charge in [-0.15, -0.1) is 0 Å². The first kappa shape index (κ1) is 29.2. The van der Waals surface area contributed by atoms with Crippen LogP contribution in [0.4, 0.5) is 0 Å². The maximum Gasteiger partial charge on any atom is 0.131 e. The quantitative estimate of drug-likeness (QED) is 0.307. The maximum absolute atomic E-state index is 10.7. The molecule has 2 heterocycles. The van der Waals surface area contributed by atoms with Gasteiger partial charge in [-0.1, -0.05) is 41.9 Å². The Balaban J connectivity index is 1.53. The molecule has 2 aromatic carbocycles. The topological polar surface area (TPSA) is 64.1 Å². The van der Waals surface area contributed by atoms with Gasteiger partial charge in [-0.05, 0) is 80.8 Å². The zero-order chi connectivity index (χ0) is 28.0. The van der Waals surface area contributed by atoms with Crippen molar-refractivity contribution >= 4 is 17.2 Å². The summed E-state index contributed by atoms with van der Waals surface area (Å²) in [5, 5.41) is 11.4. The summed E-state index contributed by atoms with van der Waals surface area (Å²) >= 11 is 6.13. The number of pyridine rings is 1. The molecule has 0 saturated heterocycles. The second-order valence-corrected chi connectivity index (χ2v) is 11.1. The third-order valence-corrected chi connectivity index (χ3v) is 7.67.